The predicted octanol–water partition coefficient (Wildman–Crippen LogP) is 1.42. The topological polar surface area (TPSA) is 69.8 Å². The van der Waals surface area contributed by atoms with Crippen molar-refractivity contribution in [2.24, 2.45) is 0 Å². The fourth-order valence-corrected chi connectivity index (χ4v) is 1.82. The fourth-order valence-electron chi connectivity index (χ4n) is 1.82. The molecule has 2 aromatic rings. The van der Waals surface area contributed by atoms with Crippen molar-refractivity contribution in [2.75, 3.05) is 19.6 Å². The Morgan fingerprint density at radius 3 is 2.79 bits per heavy atom. The molecular formula is C14H18N4O. The van der Waals surface area contributed by atoms with Crippen LogP contribution in [0, 0.1) is 0 Å². The van der Waals surface area contributed by atoms with Gasteiger partial charge < -0.3 is 10.6 Å². The molecular weight excluding hydrogens is 240 g/mol. The van der Waals surface area contributed by atoms with Crippen molar-refractivity contribution in [1.29, 1.82) is 0 Å². The molecule has 0 saturated heterocycles. The second-order valence-corrected chi connectivity index (χ2v) is 4.13. The molecule has 1 aromatic carbocycles. The van der Waals surface area contributed by atoms with E-state index >= 15 is 0 Å². The Bertz CT molecular complexity index is 521. The zero-order valence-electron chi connectivity index (χ0n) is 10.9. The van der Waals surface area contributed by atoms with Crippen LogP contribution < -0.4 is 10.6 Å². The van der Waals surface area contributed by atoms with Gasteiger partial charge in [0, 0.05) is 18.7 Å². The SMILES string of the molecule is CCNCCNC(=O)c1cn[nH]c1-c1ccccc1. The van der Waals surface area contributed by atoms with Gasteiger partial charge in [0.1, 0.15) is 0 Å². The van der Waals surface area contributed by atoms with E-state index in [2.05, 4.69) is 20.8 Å². The number of benzene rings is 1. The van der Waals surface area contributed by atoms with Crippen molar-refractivity contribution >= 4 is 5.91 Å². The van der Waals surface area contributed by atoms with Gasteiger partial charge in [-0.2, -0.15) is 5.10 Å². The van der Waals surface area contributed by atoms with E-state index < -0.39 is 0 Å². The molecule has 0 aliphatic heterocycles. The number of nitrogens with one attached hydrogen (secondary N) is 3. The first-order valence-corrected chi connectivity index (χ1v) is 6.40. The monoisotopic (exact) mass is 258 g/mol. The third kappa shape index (κ3) is 3.42. The maximum absolute atomic E-state index is 12.1. The van der Waals surface area contributed by atoms with E-state index in [4.69, 9.17) is 0 Å². The maximum atomic E-state index is 12.1. The van der Waals surface area contributed by atoms with Gasteiger partial charge in [0.25, 0.3) is 5.91 Å². The van der Waals surface area contributed by atoms with Crippen LogP contribution in [-0.4, -0.2) is 35.7 Å². The van der Waals surface area contributed by atoms with Gasteiger partial charge in [0.2, 0.25) is 0 Å². The van der Waals surface area contributed by atoms with Crippen molar-refractivity contribution < 1.29 is 4.79 Å². The lowest BCUT2D eigenvalue weighted by Gasteiger charge is -2.06. The first-order valence-electron chi connectivity index (χ1n) is 6.40. The van der Waals surface area contributed by atoms with Crippen LogP contribution in [0.1, 0.15) is 17.3 Å². The second kappa shape index (κ2) is 6.70. The summed E-state index contributed by atoms with van der Waals surface area (Å²) in [7, 11) is 0. The zero-order valence-corrected chi connectivity index (χ0v) is 10.9. The Morgan fingerprint density at radius 1 is 1.26 bits per heavy atom. The summed E-state index contributed by atoms with van der Waals surface area (Å²) in [5.74, 6) is -0.106. The average Bonchev–Trinajstić information content (AvgIpc) is 2.94. The Hall–Kier alpha value is -2.14. The van der Waals surface area contributed by atoms with E-state index in [1.54, 1.807) is 6.20 Å². The Labute approximate surface area is 112 Å². The molecule has 3 N–H and O–H groups in total. The van der Waals surface area contributed by atoms with E-state index in [-0.39, 0.29) is 5.91 Å². The summed E-state index contributed by atoms with van der Waals surface area (Å²) in [4.78, 5) is 12.1. The number of aromatic nitrogens is 2. The van der Waals surface area contributed by atoms with Crippen LogP contribution in [0.5, 0.6) is 0 Å². The molecule has 19 heavy (non-hydrogen) atoms. The highest BCUT2D eigenvalue weighted by Gasteiger charge is 2.14. The van der Waals surface area contributed by atoms with Gasteiger partial charge in [-0.25, -0.2) is 0 Å². The summed E-state index contributed by atoms with van der Waals surface area (Å²) < 4.78 is 0. The molecule has 1 amide bonds. The smallest absolute Gasteiger partial charge is 0.255 e. The van der Waals surface area contributed by atoms with Crippen molar-refractivity contribution in [3.8, 4) is 11.3 Å². The van der Waals surface area contributed by atoms with Crippen LogP contribution in [0.4, 0.5) is 0 Å². The highest BCUT2D eigenvalue weighted by atomic mass is 16.1. The minimum absolute atomic E-state index is 0.106. The summed E-state index contributed by atoms with van der Waals surface area (Å²) in [5, 5.41) is 12.9. The van der Waals surface area contributed by atoms with Gasteiger partial charge in [0.05, 0.1) is 17.5 Å². The quantitative estimate of drug-likeness (QED) is 0.686. The second-order valence-electron chi connectivity index (χ2n) is 4.13. The molecule has 5 heteroatoms. The Morgan fingerprint density at radius 2 is 2.05 bits per heavy atom. The van der Waals surface area contributed by atoms with Crippen LogP contribution in [0.2, 0.25) is 0 Å². The van der Waals surface area contributed by atoms with Gasteiger partial charge >= 0.3 is 0 Å². The normalized spacial score (nSPS) is 10.4. The molecule has 2 rings (SSSR count). The van der Waals surface area contributed by atoms with Crippen LogP contribution >= 0.6 is 0 Å². The number of likely N-dealkylation sites (N-methyl/N-ethyl adjacent to an activating group) is 1. The van der Waals surface area contributed by atoms with E-state index in [0.717, 1.165) is 24.3 Å². The van der Waals surface area contributed by atoms with E-state index in [9.17, 15) is 4.79 Å². The summed E-state index contributed by atoms with van der Waals surface area (Å²) in [6.07, 6.45) is 1.56. The number of carbonyl (C=O) groups excluding carboxylic acids is 1. The first-order chi connectivity index (χ1) is 9.33. The number of hydrogen-bond donors (Lipinski definition) is 3. The molecule has 0 spiro atoms. The van der Waals surface area contributed by atoms with Crippen molar-refractivity contribution in [3.63, 3.8) is 0 Å². The Balaban J connectivity index is 2.05. The number of aromatic amines is 1. The molecule has 1 heterocycles. The predicted molar refractivity (Wildman–Crippen MR) is 74.9 cm³/mol. The maximum Gasteiger partial charge on any atom is 0.255 e. The summed E-state index contributed by atoms with van der Waals surface area (Å²) in [5.41, 5.74) is 2.28. The van der Waals surface area contributed by atoms with E-state index in [0.29, 0.717) is 12.1 Å². The molecule has 1 aromatic heterocycles. The minimum Gasteiger partial charge on any atom is -0.351 e. The van der Waals surface area contributed by atoms with Crippen molar-refractivity contribution in [3.05, 3.63) is 42.1 Å². The molecule has 0 aliphatic carbocycles. The van der Waals surface area contributed by atoms with Crippen LogP contribution in [0.25, 0.3) is 11.3 Å². The molecule has 0 atom stereocenters. The van der Waals surface area contributed by atoms with Gasteiger partial charge in [-0.3, -0.25) is 9.89 Å². The lowest BCUT2D eigenvalue weighted by molar-refractivity contribution is 0.0954. The molecule has 0 aliphatic rings. The summed E-state index contributed by atoms with van der Waals surface area (Å²) in [6.45, 7) is 4.30. The van der Waals surface area contributed by atoms with E-state index in [1.165, 1.54) is 0 Å². The third-order valence-corrected chi connectivity index (χ3v) is 2.78. The molecule has 0 fully saturated rings. The van der Waals surface area contributed by atoms with Crippen molar-refractivity contribution in [2.45, 2.75) is 6.92 Å². The van der Waals surface area contributed by atoms with E-state index in [1.807, 2.05) is 37.3 Å². The average molecular weight is 258 g/mol. The zero-order chi connectivity index (χ0) is 13.5. The lowest BCUT2D eigenvalue weighted by atomic mass is 10.1. The molecule has 5 nitrogen and oxygen atoms in total. The minimum atomic E-state index is -0.106. The van der Waals surface area contributed by atoms with Crippen LogP contribution in [0.15, 0.2) is 36.5 Å². The van der Waals surface area contributed by atoms with Gasteiger partial charge in [-0.1, -0.05) is 37.3 Å². The van der Waals surface area contributed by atoms with Crippen LogP contribution in [-0.2, 0) is 0 Å². The standard InChI is InChI=1S/C14H18N4O/c1-2-15-8-9-16-14(19)12-10-17-18-13(12)11-6-4-3-5-7-11/h3-7,10,15H,2,8-9H2,1H3,(H,16,19)(H,17,18). The molecule has 0 unspecified atom stereocenters. The van der Waals surface area contributed by atoms with Gasteiger partial charge in [0.15, 0.2) is 0 Å². The Kier molecular flexibility index (Phi) is 4.69. The first kappa shape index (κ1) is 13.3. The summed E-state index contributed by atoms with van der Waals surface area (Å²) >= 11 is 0. The molecule has 0 bridgehead atoms. The third-order valence-electron chi connectivity index (χ3n) is 2.78. The number of amides is 1. The highest BCUT2D eigenvalue weighted by molar-refractivity contribution is 5.99. The van der Waals surface area contributed by atoms with Gasteiger partial charge in [-0.15, -0.1) is 0 Å². The summed E-state index contributed by atoms with van der Waals surface area (Å²) in [6, 6.07) is 9.70. The number of rotatable bonds is 6. The van der Waals surface area contributed by atoms with Crippen LogP contribution in [0.3, 0.4) is 0 Å². The lowest BCUT2D eigenvalue weighted by Crippen LogP contribution is -2.31. The molecule has 0 saturated carbocycles. The number of carbonyl (C=O) groups is 1. The highest BCUT2D eigenvalue weighted by Crippen LogP contribution is 2.20. The molecule has 0 radical (unpaired) electrons. The number of nitrogens with zero attached hydrogens (tertiary/aromatic N) is 1. The fraction of sp³-hybridized carbons (Fsp3) is 0.286. The number of hydrogen-bond acceptors (Lipinski definition) is 3. The van der Waals surface area contributed by atoms with Gasteiger partial charge in [-0.05, 0) is 6.54 Å². The molecule has 100 valence electrons. The van der Waals surface area contributed by atoms with Crippen molar-refractivity contribution in [1.82, 2.24) is 20.8 Å². The largest absolute Gasteiger partial charge is 0.351 e. The number of H-pyrrole nitrogens is 1.